The lowest BCUT2D eigenvalue weighted by molar-refractivity contribution is 0.866. The minimum atomic E-state index is 0.495. The van der Waals surface area contributed by atoms with Crippen molar-refractivity contribution in [3.05, 3.63) is 144 Å². The van der Waals surface area contributed by atoms with Crippen molar-refractivity contribution < 1.29 is 0 Å². The summed E-state index contributed by atoms with van der Waals surface area (Å²) in [7, 11) is 0. The summed E-state index contributed by atoms with van der Waals surface area (Å²) in [4.78, 5) is 4.72. The number of hydrogen-bond donors (Lipinski definition) is 0. The van der Waals surface area contributed by atoms with E-state index >= 15 is 0 Å². The number of anilines is 6. The van der Waals surface area contributed by atoms with Gasteiger partial charge in [-0.15, -0.1) is 0 Å². The molecule has 0 atom stereocenters. The summed E-state index contributed by atoms with van der Waals surface area (Å²) in [5.41, 5.74) is 12.0. The molecule has 0 N–H and O–H groups in total. The van der Waals surface area contributed by atoms with Crippen LogP contribution in [-0.2, 0) is 0 Å². The first-order valence-corrected chi connectivity index (χ1v) is 14.3. The maximum absolute atomic E-state index is 2.36. The van der Waals surface area contributed by atoms with Crippen LogP contribution in [0, 0.1) is 13.8 Å². The molecule has 0 aromatic heterocycles. The van der Waals surface area contributed by atoms with Gasteiger partial charge in [-0.3, -0.25) is 0 Å². The second-order valence-electron chi connectivity index (χ2n) is 11.4. The summed E-state index contributed by atoms with van der Waals surface area (Å²) in [5, 5.41) is 0. The molecule has 0 spiro atoms. The van der Waals surface area contributed by atoms with Crippen LogP contribution in [-0.4, -0.2) is 0 Å². The van der Waals surface area contributed by atoms with Gasteiger partial charge in [-0.25, -0.2) is 0 Å². The van der Waals surface area contributed by atoms with Crippen molar-refractivity contribution in [1.29, 1.82) is 0 Å². The zero-order chi connectivity index (χ0) is 28.2. The Balaban J connectivity index is 1.65. The third kappa shape index (κ3) is 5.97. The Labute approximate surface area is 240 Å². The molecule has 0 fully saturated rings. The van der Waals surface area contributed by atoms with Crippen molar-refractivity contribution in [2.75, 3.05) is 9.80 Å². The van der Waals surface area contributed by atoms with E-state index in [4.69, 9.17) is 0 Å². The van der Waals surface area contributed by atoms with E-state index < -0.39 is 0 Å². The van der Waals surface area contributed by atoms with Gasteiger partial charge in [-0.2, -0.15) is 0 Å². The van der Waals surface area contributed by atoms with Gasteiger partial charge in [0.25, 0.3) is 0 Å². The normalized spacial score (nSPS) is 11.2. The molecule has 0 aliphatic carbocycles. The lowest BCUT2D eigenvalue weighted by atomic mass is 10.0. The van der Waals surface area contributed by atoms with Gasteiger partial charge in [0.05, 0.1) is 0 Å². The van der Waals surface area contributed by atoms with E-state index in [1.165, 1.54) is 22.3 Å². The van der Waals surface area contributed by atoms with Crippen LogP contribution in [0.1, 0.15) is 61.8 Å². The highest BCUT2D eigenvalue weighted by Gasteiger charge is 2.18. The molecule has 5 aromatic carbocycles. The minimum absolute atomic E-state index is 0.495. The van der Waals surface area contributed by atoms with Gasteiger partial charge >= 0.3 is 0 Å². The Hall–Kier alpha value is -4.30. The van der Waals surface area contributed by atoms with E-state index in [1.807, 2.05) is 0 Å². The predicted octanol–water partition coefficient (Wildman–Crippen LogP) is 11.5. The zero-order valence-corrected chi connectivity index (χ0v) is 24.6. The van der Waals surface area contributed by atoms with Crippen molar-refractivity contribution in [3.63, 3.8) is 0 Å². The topological polar surface area (TPSA) is 6.48 Å². The van der Waals surface area contributed by atoms with E-state index in [1.54, 1.807) is 0 Å². The van der Waals surface area contributed by atoms with E-state index in [9.17, 15) is 0 Å². The Morgan fingerprint density at radius 3 is 1.02 bits per heavy atom. The molecule has 0 saturated heterocycles. The number of aryl methyl sites for hydroxylation is 2. The molecule has 2 nitrogen and oxygen atoms in total. The number of hydrogen-bond acceptors (Lipinski definition) is 2. The zero-order valence-electron chi connectivity index (χ0n) is 24.6. The average molecular weight is 525 g/mol. The summed E-state index contributed by atoms with van der Waals surface area (Å²) in [6, 6.07) is 44.3. The lowest BCUT2D eigenvalue weighted by Crippen LogP contribution is -2.13. The van der Waals surface area contributed by atoms with Crippen molar-refractivity contribution in [3.8, 4) is 0 Å². The Kier molecular flexibility index (Phi) is 8.07. The summed E-state index contributed by atoms with van der Waals surface area (Å²) >= 11 is 0. The molecule has 0 saturated carbocycles. The monoisotopic (exact) mass is 524 g/mol. The van der Waals surface area contributed by atoms with Crippen LogP contribution in [0.3, 0.4) is 0 Å². The van der Waals surface area contributed by atoms with E-state index in [0.29, 0.717) is 11.8 Å². The van der Waals surface area contributed by atoms with E-state index in [0.717, 1.165) is 34.1 Å². The van der Waals surface area contributed by atoms with E-state index in [2.05, 4.69) is 173 Å². The maximum Gasteiger partial charge on any atom is 0.0482 e. The van der Waals surface area contributed by atoms with Crippen LogP contribution in [0.4, 0.5) is 34.1 Å². The molecule has 5 aromatic rings. The fourth-order valence-electron chi connectivity index (χ4n) is 5.22. The van der Waals surface area contributed by atoms with E-state index in [-0.39, 0.29) is 0 Å². The first-order valence-electron chi connectivity index (χ1n) is 14.3. The van der Waals surface area contributed by atoms with Crippen molar-refractivity contribution in [1.82, 2.24) is 0 Å². The summed E-state index contributed by atoms with van der Waals surface area (Å²) in [6.45, 7) is 13.3. The van der Waals surface area contributed by atoms with Crippen LogP contribution in [0.25, 0.3) is 0 Å². The maximum atomic E-state index is 2.36. The Bertz CT molecular complexity index is 1450. The number of nitrogens with zero attached hydrogens (tertiary/aromatic N) is 2. The van der Waals surface area contributed by atoms with Crippen molar-refractivity contribution >= 4 is 34.1 Å². The first kappa shape index (κ1) is 27.3. The number of benzene rings is 5. The van der Waals surface area contributed by atoms with Crippen LogP contribution in [0.5, 0.6) is 0 Å². The van der Waals surface area contributed by atoms with Gasteiger partial charge in [-0.05, 0) is 115 Å². The molecule has 0 bridgehead atoms. The van der Waals surface area contributed by atoms with Gasteiger partial charge in [0, 0.05) is 34.1 Å². The van der Waals surface area contributed by atoms with Crippen LogP contribution in [0.15, 0.2) is 121 Å². The smallest absolute Gasteiger partial charge is 0.0482 e. The second kappa shape index (κ2) is 11.8. The van der Waals surface area contributed by atoms with Crippen LogP contribution < -0.4 is 9.80 Å². The predicted molar refractivity (Wildman–Crippen MR) is 173 cm³/mol. The molecule has 0 aliphatic rings. The molecule has 0 aliphatic heterocycles. The summed E-state index contributed by atoms with van der Waals surface area (Å²) < 4.78 is 0. The Morgan fingerprint density at radius 1 is 0.375 bits per heavy atom. The highest BCUT2D eigenvalue weighted by atomic mass is 15.2. The molecular formula is C38H40N2. The molecule has 0 unspecified atom stereocenters. The fourth-order valence-corrected chi connectivity index (χ4v) is 5.22. The van der Waals surface area contributed by atoms with Crippen LogP contribution in [0.2, 0.25) is 0 Å². The second-order valence-corrected chi connectivity index (χ2v) is 11.4. The first-order chi connectivity index (χ1) is 19.3. The van der Waals surface area contributed by atoms with Crippen molar-refractivity contribution in [2.24, 2.45) is 0 Å². The molecule has 0 amide bonds. The third-order valence-corrected chi connectivity index (χ3v) is 7.50. The quantitative estimate of drug-likeness (QED) is 0.199. The SMILES string of the molecule is Cc1cccc(N(c2ccc(C(C)C)cc2)c2cccc(N(c3ccc(C(C)C)cc3)c3cccc(C)c3)c2)c1. The average Bonchev–Trinajstić information content (AvgIpc) is 2.94. The van der Waals surface area contributed by atoms with Gasteiger partial charge in [0.2, 0.25) is 0 Å². The molecule has 202 valence electrons. The number of rotatable bonds is 8. The molecule has 5 rings (SSSR count). The van der Waals surface area contributed by atoms with Crippen LogP contribution >= 0.6 is 0 Å². The molecule has 0 radical (unpaired) electrons. The summed E-state index contributed by atoms with van der Waals surface area (Å²) in [6.07, 6.45) is 0. The van der Waals surface area contributed by atoms with Gasteiger partial charge in [0.1, 0.15) is 0 Å². The van der Waals surface area contributed by atoms with Gasteiger partial charge in [-0.1, -0.05) is 82.3 Å². The summed E-state index contributed by atoms with van der Waals surface area (Å²) in [5.74, 6) is 0.990. The minimum Gasteiger partial charge on any atom is -0.310 e. The molecular weight excluding hydrogens is 484 g/mol. The van der Waals surface area contributed by atoms with Crippen molar-refractivity contribution in [2.45, 2.75) is 53.4 Å². The fraction of sp³-hybridized carbons (Fsp3) is 0.211. The third-order valence-electron chi connectivity index (χ3n) is 7.50. The standard InChI is InChI=1S/C38H40N2/c1-27(2)31-16-20-33(21-17-31)39(35-12-7-10-29(5)24-35)37-14-9-15-38(26-37)40(36-13-8-11-30(6)25-36)34-22-18-32(19-23-34)28(3)4/h7-28H,1-6H3. The Morgan fingerprint density at radius 2 is 0.700 bits per heavy atom. The molecule has 2 heteroatoms. The van der Waals surface area contributed by atoms with Gasteiger partial charge < -0.3 is 9.80 Å². The largest absolute Gasteiger partial charge is 0.310 e. The van der Waals surface area contributed by atoms with Gasteiger partial charge in [0.15, 0.2) is 0 Å². The highest BCUT2D eigenvalue weighted by Crippen LogP contribution is 2.41. The highest BCUT2D eigenvalue weighted by molar-refractivity contribution is 5.83. The lowest BCUT2D eigenvalue weighted by Gasteiger charge is -2.30. The molecule has 40 heavy (non-hydrogen) atoms. The molecule has 0 heterocycles.